The lowest BCUT2D eigenvalue weighted by atomic mass is 9.96. The average Bonchev–Trinajstić information content (AvgIpc) is 2.96. The van der Waals surface area contributed by atoms with Gasteiger partial charge in [0.25, 0.3) is 5.91 Å². The predicted octanol–water partition coefficient (Wildman–Crippen LogP) is 1.64. The van der Waals surface area contributed by atoms with Crippen molar-refractivity contribution in [2.45, 2.75) is 31.9 Å². The molecule has 2 heterocycles. The average molecular weight is 286 g/mol. The van der Waals surface area contributed by atoms with Crippen LogP contribution in [0, 0.1) is 0 Å². The molecule has 0 unspecified atom stereocenters. The maximum Gasteiger partial charge on any atom is 0.251 e. The van der Waals surface area contributed by atoms with E-state index in [1.807, 2.05) is 10.8 Å². The van der Waals surface area contributed by atoms with Crippen LogP contribution >= 0.6 is 0 Å². The maximum atomic E-state index is 12.1. The number of carbonyl (C=O) groups excluding carboxylic acids is 1. The number of amides is 1. The number of carbonyl (C=O) groups is 1. The summed E-state index contributed by atoms with van der Waals surface area (Å²) in [6, 6.07) is 3.39. The Labute approximate surface area is 123 Å². The molecule has 1 saturated carbocycles. The van der Waals surface area contributed by atoms with Crippen LogP contribution in [0.3, 0.4) is 0 Å². The Kier molecular flexibility index (Phi) is 4.14. The summed E-state index contributed by atoms with van der Waals surface area (Å²) in [6.07, 6.45) is 10.5. The maximum absolute atomic E-state index is 12.1. The Balaban J connectivity index is 1.52. The molecule has 0 bridgehead atoms. The van der Waals surface area contributed by atoms with Crippen molar-refractivity contribution in [3.63, 3.8) is 0 Å². The summed E-state index contributed by atoms with van der Waals surface area (Å²) >= 11 is 0. The van der Waals surface area contributed by atoms with Crippen LogP contribution in [0.15, 0.2) is 37.1 Å². The van der Waals surface area contributed by atoms with Gasteiger partial charge in [0.15, 0.2) is 0 Å². The molecule has 1 fully saturated rings. The van der Waals surface area contributed by atoms with E-state index >= 15 is 0 Å². The zero-order valence-electron chi connectivity index (χ0n) is 11.7. The molecular formula is C15H18N4O2. The van der Waals surface area contributed by atoms with Gasteiger partial charge < -0.3 is 14.6 Å². The third-order valence-corrected chi connectivity index (χ3v) is 3.55. The molecule has 0 aliphatic heterocycles. The first-order chi connectivity index (χ1) is 10.3. The lowest BCUT2D eigenvalue weighted by molar-refractivity contribution is 0.0947. The van der Waals surface area contributed by atoms with Crippen molar-refractivity contribution >= 4 is 5.91 Å². The Hall–Kier alpha value is -2.37. The molecule has 0 saturated heterocycles. The lowest BCUT2D eigenvalue weighted by Crippen LogP contribution is -2.27. The number of pyridine rings is 1. The fraction of sp³-hybridized carbons (Fsp3) is 0.400. The summed E-state index contributed by atoms with van der Waals surface area (Å²) < 4.78 is 7.62. The number of nitrogens with one attached hydrogen (secondary N) is 1. The van der Waals surface area contributed by atoms with Crippen LogP contribution < -0.4 is 10.1 Å². The van der Waals surface area contributed by atoms with Crippen molar-refractivity contribution < 1.29 is 9.53 Å². The number of hydrogen-bond acceptors (Lipinski definition) is 4. The summed E-state index contributed by atoms with van der Waals surface area (Å²) in [5, 5.41) is 2.87. The summed E-state index contributed by atoms with van der Waals surface area (Å²) in [4.78, 5) is 20.2. The number of imidazole rings is 1. The normalized spacial score (nSPS) is 14.5. The van der Waals surface area contributed by atoms with Crippen molar-refractivity contribution in [2.24, 2.45) is 0 Å². The van der Waals surface area contributed by atoms with Crippen molar-refractivity contribution in [1.29, 1.82) is 0 Å². The first-order valence-corrected chi connectivity index (χ1v) is 7.18. The molecule has 6 nitrogen and oxygen atoms in total. The van der Waals surface area contributed by atoms with Crippen LogP contribution in [0.1, 0.15) is 29.6 Å². The highest BCUT2D eigenvalue weighted by molar-refractivity contribution is 5.94. The van der Waals surface area contributed by atoms with E-state index in [4.69, 9.17) is 4.74 Å². The lowest BCUT2D eigenvalue weighted by Gasteiger charge is -2.25. The highest BCUT2D eigenvalue weighted by atomic mass is 16.5. The summed E-state index contributed by atoms with van der Waals surface area (Å²) in [6.45, 7) is 1.25. The second-order valence-electron chi connectivity index (χ2n) is 5.11. The van der Waals surface area contributed by atoms with Gasteiger partial charge in [-0.3, -0.25) is 4.79 Å². The van der Waals surface area contributed by atoms with E-state index in [1.165, 1.54) is 6.42 Å². The van der Waals surface area contributed by atoms with Crippen LogP contribution in [0.25, 0.3) is 0 Å². The largest absolute Gasteiger partial charge is 0.474 e. The van der Waals surface area contributed by atoms with Gasteiger partial charge in [-0.05, 0) is 25.3 Å². The second-order valence-corrected chi connectivity index (χ2v) is 5.11. The van der Waals surface area contributed by atoms with E-state index in [2.05, 4.69) is 15.3 Å². The van der Waals surface area contributed by atoms with Crippen LogP contribution in [0.5, 0.6) is 5.88 Å². The summed E-state index contributed by atoms with van der Waals surface area (Å²) in [7, 11) is 0. The smallest absolute Gasteiger partial charge is 0.251 e. The molecule has 1 N–H and O–H groups in total. The first kappa shape index (κ1) is 13.6. The second kappa shape index (κ2) is 6.39. The highest BCUT2D eigenvalue weighted by Gasteiger charge is 2.20. The summed E-state index contributed by atoms with van der Waals surface area (Å²) in [5.41, 5.74) is 0.574. The van der Waals surface area contributed by atoms with Crippen molar-refractivity contribution in [1.82, 2.24) is 19.9 Å². The molecule has 1 aliphatic rings. The molecule has 6 heteroatoms. The monoisotopic (exact) mass is 286 g/mol. The first-order valence-electron chi connectivity index (χ1n) is 7.18. The van der Waals surface area contributed by atoms with Gasteiger partial charge in [0.2, 0.25) is 5.88 Å². The number of aromatic nitrogens is 3. The van der Waals surface area contributed by atoms with Crippen molar-refractivity contribution in [2.75, 3.05) is 6.54 Å². The van der Waals surface area contributed by atoms with Crippen LogP contribution in [-0.2, 0) is 6.54 Å². The minimum atomic E-state index is -0.115. The Morgan fingerprint density at radius 2 is 2.33 bits per heavy atom. The number of hydrogen-bond donors (Lipinski definition) is 1. The third-order valence-electron chi connectivity index (χ3n) is 3.55. The number of nitrogens with zero attached hydrogens (tertiary/aromatic N) is 3. The van der Waals surface area contributed by atoms with E-state index < -0.39 is 0 Å². The molecule has 0 radical (unpaired) electrons. The Bertz CT molecular complexity index is 593. The molecule has 0 atom stereocenters. The molecule has 21 heavy (non-hydrogen) atoms. The van der Waals surface area contributed by atoms with Crippen LogP contribution in [0.4, 0.5) is 0 Å². The van der Waals surface area contributed by atoms with Gasteiger partial charge in [0, 0.05) is 43.3 Å². The molecule has 1 aliphatic carbocycles. The van der Waals surface area contributed by atoms with E-state index in [9.17, 15) is 4.79 Å². The van der Waals surface area contributed by atoms with Crippen molar-refractivity contribution in [3.8, 4) is 5.88 Å². The van der Waals surface area contributed by atoms with Crippen LogP contribution in [0.2, 0.25) is 0 Å². The molecule has 0 aromatic carbocycles. The highest BCUT2D eigenvalue weighted by Crippen LogP contribution is 2.24. The fourth-order valence-electron chi connectivity index (χ4n) is 2.09. The third kappa shape index (κ3) is 3.59. The zero-order chi connectivity index (χ0) is 14.5. The van der Waals surface area contributed by atoms with Gasteiger partial charge >= 0.3 is 0 Å². The van der Waals surface area contributed by atoms with E-state index in [-0.39, 0.29) is 12.0 Å². The molecular weight excluding hydrogens is 268 g/mol. The Morgan fingerprint density at radius 1 is 1.43 bits per heavy atom. The van der Waals surface area contributed by atoms with Gasteiger partial charge in [-0.25, -0.2) is 9.97 Å². The fourth-order valence-corrected chi connectivity index (χ4v) is 2.09. The standard InChI is InChI=1S/C15H18N4O2/c20-15(18-7-9-19-8-6-16-11-19)12-4-5-17-14(10-12)21-13-2-1-3-13/h4-6,8,10-11,13H,1-3,7,9H2,(H,18,20). The minimum absolute atomic E-state index is 0.115. The van der Waals surface area contributed by atoms with Gasteiger partial charge in [0.05, 0.1) is 6.33 Å². The van der Waals surface area contributed by atoms with Gasteiger partial charge in [-0.1, -0.05) is 0 Å². The number of rotatable bonds is 6. The van der Waals surface area contributed by atoms with Gasteiger partial charge in [-0.2, -0.15) is 0 Å². The zero-order valence-corrected chi connectivity index (χ0v) is 11.7. The quantitative estimate of drug-likeness (QED) is 0.876. The molecule has 2 aromatic heterocycles. The van der Waals surface area contributed by atoms with Crippen LogP contribution in [-0.4, -0.2) is 33.1 Å². The molecule has 3 rings (SSSR count). The molecule has 2 aromatic rings. The molecule has 0 spiro atoms. The SMILES string of the molecule is O=C(NCCn1ccnc1)c1ccnc(OC2CCC2)c1. The Morgan fingerprint density at radius 3 is 3.05 bits per heavy atom. The van der Waals surface area contributed by atoms with Crippen molar-refractivity contribution in [3.05, 3.63) is 42.6 Å². The predicted molar refractivity (Wildman–Crippen MR) is 77.1 cm³/mol. The van der Waals surface area contributed by atoms with E-state index in [0.717, 1.165) is 12.8 Å². The van der Waals surface area contributed by atoms with E-state index in [1.54, 1.807) is 30.9 Å². The topological polar surface area (TPSA) is 69.0 Å². The molecule has 1 amide bonds. The van der Waals surface area contributed by atoms with Gasteiger partial charge in [0.1, 0.15) is 6.10 Å². The molecule has 110 valence electrons. The minimum Gasteiger partial charge on any atom is -0.474 e. The van der Waals surface area contributed by atoms with Gasteiger partial charge in [-0.15, -0.1) is 0 Å². The van der Waals surface area contributed by atoms with E-state index in [0.29, 0.717) is 24.5 Å². The summed E-state index contributed by atoms with van der Waals surface area (Å²) in [5.74, 6) is 0.415. The number of ether oxygens (including phenoxy) is 1.